The van der Waals surface area contributed by atoms with Crippen LogP contribution in [0.5, 0.6) is 5.75 Å². The van der Waals surface area contributed by atoms with E-state index in [2.05, 4.69) is 5.32 Å². The van der Waals surface area contributed by atoms with Gasteiger partial charge in [-0.05, 0) is 55.3 Å². The summed E-state index contributed by atoms with van der Waals surface area (Å²) in [4.78, 5) is 24.5. The van der Waals surface area contributed by atoms with Crippen LogP contribution in [0.2, 0.25) is 0 Å². The zero-order valence-corrected chi connectivity index (χ0v) is 16.4. The van der Waals surface area contributed by atoms with Crippen molar-refractivity contribution >= 4 is 17.6 Å². The SMILES string of the molecule is Cc1ccccc1NC(=O)c1ccc(OC(C)C(=O)OCc2ccccc2)cc1. The summed E-state index contributed by atoms with van der Waals surface area (Å²) in [5.74, 6) is -0.169. The number of carbonyl (C=O) groups excluding carboxylic acids is 2. The fourth-order valence-corrected chi connectivity index (χ4v) is 2.69. The first kappa shape index (κ1) is 20.1. The van der Waals surface area contributed by atoms with Gasteiger partial charge in [0.1, 0.15) is 12.4 Å². The van der Waals surface area contributed by atoms with Gasteiger partial charge < -0.3 is 14.8 Å². The molecule has 0 aliphatic rings. The maximum atomic E-state index is 12.4. The Morgan fingerprint density at radius 3 is 2.24 bits per heavy atom. The number of amides is 1. The predicted octanol–water partition coefficient (Wildman–Crippen LogP) is 4.76. The van der Waals surface area contributed by atoms with Gasteiger partial charge >= 0.3 is 5.97 Å². The number of hydrogen-bond donors (Lipinski definition) is 1. The van der Waals surface area contributed by atoms with Crippen LogP contribution >= 0.6 is 0 Å². The maximum absolute atomic E-state index is 12.4. The summed E-state index contributed by atoms with van der Waals surface area (Å²) < 4.78 is 10.9. The van der Waals surface area contributed by atoms with Gasteiger partial charge in [0.15, 0.2) is 6.10 Å². The Labute approximate surface area is 170 Å². The second kappa shape index (κ2) is 9.55. The van der Waals surface area contributed by atoms with E-state index >= 15 is 0 Å². The highest BCUT2D eigenvalue weighted by molar-refractivity contribution is 6.04. The molecule has 0 bridgehead atoms. The number of hydrogen-bond acceptors (Lipinski definition) is 4. The molecule has 0 spiro atoms. The van der Waals surface area contributed by atoms with E-state index in [1.54, 1.807) is 31.2 Å². The molecule has 5 heteroatoms. The monoisotopic (exact) mass is 389 g/mol. The molecule has 3 rings (SSSR count). The van der Waals surface area contributed by atoms with E-state index in [1.165, 1.54) is 0 Å². The summed E-state index contributed by atoms with van der Waals surface area (Å²) >= 11 is 0. The molecule has 1 unspecified atom stereocenters. The smallest absolute Gasteiger partial charge is 0.347 e. The van der Waals surface area contributed by atoms with Crippen molar-refractivity contribution in [3.05, 3.63) is 95.6 Å². The van der Waals surface area contributed by atoms with Crippen LogP contribution in [0.25, 0.3) is 0 Å². The van der Waals surface area contributed by atoms with Crippen LogP contribution in [-0.4, -0.2) is 18.0 Å². The largest absolute Gasteiger partial charge is 0.479 e. The molecule has 0 radical (unpaired) electrons. The van der Waals surface area contributed by atoms with Crippen LogP contribution in [-0.2, 0) is 16.1 Å². The summed E-state index contributed by atoms with van der Waals surface area (Å²) in [7, 11) is 0. The number of nitrogens with one attached hydrogen (secondary N) is 1. The number of aryl methyl sites for hydroxylation is 1. The number of benzene rings is 3. The quantitative estimate of drug-likeness (QED) is 0.592. The zero-order chi connectivity index (χ0) is 20.6. The Hall–Kier alpha value is -3.60. The fraction of sp³-hybridized carbons (Fsp3) is 0.167. The van der Waals surface area contributed by atoms with Gasteiger partial charge in [-0.15, -0.1) is 0 Å². The number of anilines is 1. The van der Waals surface area contributed by atoms with E-state index in [9.17, 15) is 9.59 Å². The molecule has 5 nitrogen and oxygen atoms in total. The summed E-state index contributed by atoms with van der Waals surface area (Å²) in [6, 6.07) is 23.7. The predicted molar refractivity (Wildman–Crippen MR) is 112 cm³/mol. The van der Waals surface area contributed by atoms with Crippen molar-refractivity contribution in [1.29, 1.82) is 0 Å². The average molecular weight is 389 g/mol. The molecule has 1 N–H and O–H groups in total. The second-order valence-electron chi connectivity index (χ2n) is 6.65. The topological polar surface area (TPSA) is 64.6 Å². The normalized spacial score (nSPS) is 11.4. The van der Waals surface area contributed by atoms with Crippen LogP contribution < -0.4 is 10.1 Å². The van der Waals surface area contributed by atoms with E-state index in [4.69, 9.17) is 9.47 Å². The lowest BCUT2D eigenvalue weighted by Crippen LogP contribution is -2.26. The summed E-state index contributed by atoms with van der Waals surface area (Å²) in [6.45, 7) is 3.77. The molecule has 0 aromatic heterocycles. The Morgan fingerprint density at radius 2 is 1.55 bits per heavy atom. The third-order valence-electron chi connectivity index (χ3n) is 4.38. The Morgan fingerprint density at radius 1 is 0.897 bits per heavy atom. The van der Waals surface area contributed by atoms with E-state index in [1.807, 2.05) is 61.5 Å². The van der Waals surface area contributed by atoms with Gasteiger partial charge in [0.2, 0.25) is 0 Å². The molecule has 29 heavy (non-hydrogen) atoms. The standard InChI is InChI=1S/C24H23NO4/c1-17-8-6-7-11-22(17)25-23(26)20-12-14-21(15-13-20)29-18(2)24(27)28-16-19-9-4-3-5-10-19/h3-15,18H,16H2,1-2H3,(H,25,26). The molecule has 3 aromatic rings. The number of esters is 1. The number of carbonyl (C=O) groups is 2. The summed E-state index contributed by atoms with van der Waals surface area (Å²) in [5, 5.41) is 2.88. The summed E-state index contributed by atoms with van der Waals surface area (Å²) in [5.41, 5.74) is 3.17. The van der Waals surface area contributed by atoms with Crippen LogP contribution in [0.1, 0.15) is 28.4 Å². The number of rotatable bonds is 7. The summed E-state index contributed by atoms with van der Waals surface area (Å²) in [6.07, 6.45) is -0.759. The highest BCUT2D eigenvalue weighted by Crippen LogP contribution is 2.18. The molecule has 1 amide bonds. The first-order chi connectivity index (χ1) is 14.0. The molecule has 0 aliphatic heterocycles. The Bertz CT molecular complexity index is 968. The van der Waals surface area contributed by atoms with Crippen LogP contribution in [0, 0.1) is 6.92 Å². The minimum Gasteiger partial charge on any atom is -0.479 e. The second-order valence-corrected chi connectivity index (χ2v) is 6.65. The molecule has 3 aromatic carbocycles. The van der Waals surface area contributed by atoms with E-state index < -0.39 is 12.1 Å². The number of ether oxygens (including phenoxy) is 2. The molecular formula is C24H23NO4. The molecule has 0 saturated heterocycles. The van der Waals surface area contributed by atoms with Gasteiger partial charge in [-0.25, -0.2) is 4.79 Å². The van der Waals surface area contributed by atoms with Gasteiger partial charge in [-0.1, -0.05) is 48.5 Å². The highest BCUT2D eigenvalue weighted by atomic mass is 16.6. The minimum absolute atomic E-state index is 0.200. The molecule has 0 saturated carbocycles. The lowest BCUT2D eigenvalue weighted by Gasteiger charge is -2.14. The molecule has 148 valence electrons. The Balaban J connectivity index is 1.53. The lowest BCUT2D eigenvalue weighted by molar-refractivity contribution is -0.152. The first-order valence-electron chi connectivity index (χ1n) is 9.37. The third-order valence-corrected chi connectivity index (χ3v) is 4.38. The van der Waals surface area contributed by atoms with Crippen molar-refractivity contribution in [2.24, 2.45) is 0 Å². The van der Waals surface area contributed by atoms with Crippen LogP contribution in [0.15, 0.2) is 78.9 Å². The maximum Gasteiger partial charge on any atom is 0.347 e. The first-order valence-corrected chi connectivity index (χ1v) is 9.37. The van der Waals surface area contributed by atoms with Gasteiger partial charge in [0, 0.05) is 11.3 Å². The zero-order valence-electron chi connectivity index (χ0n) is 16.4. The molecular weight excluding hydrogens is 366 g/mol. The van der Waals surface area contributed by atoms with Gasteiger partial charge in [-0.3, -0.25) is 4.79 Å². The van der Waals surface area contributed by atoms with Crippen molar-refractivity contribution in [2.45, 2.75) is 26.6 Å². The molecule has 0 heterocycles. The fourth-order valence-electron chi connectivity index (χ4n) is 2.69. The average Bonchev–Trinajstić information content (AvgIpc) is 2.74. The van der Waals surface area contributed by atoms with E-state index in [-0.39, 0.29) is 12.5 Å². The highest BCUT2D eigenvalue weighted by Gasteiger charge is 2.17. The number of para-hydroxylation sites is 1. The van der Waals surface area contributed by atoms with Gasteiger partial charge in [0.05, 0.1) is 0 Å². The lowest BCUT2D eigenvalue weighted by atomic mass is 10.1. The van der Waals surface area contributed by atoms with Crippen molar-refractivity contribution in [1.82, 2.24) is 0 Å². The van der Waals surface area contributed by atoms with Crippen molar-refractivity contribution in [3.63, 3.8) is 0 Å². The van der Waals surface area contributed by atoms with Crippen molar-refractivity contribution in [2.75, 3.05) is 5.32 Å². The van der Waals surface area contributed by atoms with Gasteiger partial charge in [0.25, 0.3) is 5.91 Å². The molecule has 0 aliphatic carbocycles. The molecule has 0 fully saturated rings. The van der Waals surface area contributed by atoms with E-state index in [0.29, 0.717) is 11.3 Å². The van der Waals surface area contributed by atoms with Gasteiger partial charge in [-0.2, -0.15) is 0 Å². The van der Waals surface area contributed by atoms with Crippen molar-refractivity contribution in [3.8, 4) is 5.75 Å². The van der Waals surface area contributed by atoms with Crippen LogP contribution in [0.4, 0.5) is 5.69 Å². The molecule has 1 atom stereocenters. The van der Waals surface area contributed by atoms with Crippen molar-refractivity contribution < 1.29 is 19.1 Å². The van der Waals surface area contributed by atoms with Crippen LogP contribution in [0.3, 0.4) is 0 Å². The van der Waals surface area contributed by atoms with E-state index in [0.717, 1.165) is 16.8 Å². The Kier molecular flexibility index (Phi) is 6.63. The minimum atomic E-state index is -0.759. The third kappa shape index (κ3) is 5.69.